The number of aliphatic imine (C=N–C) groups is 1. The molecular weight excluding hydrogens is 483 g/mol. The first-order valence-electron chi connectivity index (χ1n) is 10.6. The number of nitrogens with one attached hydrogen (secondary N) is 1. The molecule has 4 rings (SSSR count). The van der Waals surface area contributed by atoms with Crippen LogP contribution < -0.4 is 5.32 Å². The SMILES string of the molecule is CCNC(=NCC1CCCN(C)C1c1cccs1)N1CCC2(CCOC2)C1.I. The molecule has 1 aromatic rings. The van der Waals surface area contributed by atoms with Crippen LogP contribution in [0.2, 0.25) is 0 Å². The van der Waals surface area contributed by atoms with Crippen LogP contribution in [-0.4, -0.2) is 68.7 Å². The number of hydrogen-bond acceptors (Lipinski definition) is 4. The maximum atomic E-state index is 5.70. The van der Waals surface area contributed by atoms with Crippen molar-refractivity contribution in [1.29, 1.82) is 0 Å². The summed E-state index contributed by atoms with van der Waals surface area (Å²) >= 11 is 1.89. The zero-order valence-corrected chi connectivity index (χ0v) is 20.4. The van der Waals surface area contributed by atoms with E-state index in [2.05, 4.69) is 46.6 Å². The number of nitrogens with zero attached hydrogens (tertiary/aromatic N) is 3. The van der Waals surface area contributed by atoms with Gasteiger partial charge < -0.3 is 15.0 Å². The minimum Gasteiger partial charge on any atom is -0.381 e. The first-order valence-corrected chi connectivity index (χ1v) is 11.4. The van der Waals surface area contributed by atoms with Crippen molar-refractivity contribution in [2.45, 2.75) is 38.6 Å². The summed E-state index contributed by atoms with van der Waals surface area (Å²) in [5, 5.41) is 5.76. The maximum absolute atomic E-state index is 5.70. The molecular formula is C21H35IN4OS. The molecule has 3 fully saturated rings. The molecule has 0 amide bonds. The first kappa shape index (κ1) is 22.3. The van der Waals surface area contributed by atoms with E-state index in [0.29, 0.717) is 17.4 Å². The lowest BCUT2D eigenvalue weighted by Gasteiger charge is -2.38. The third-order valence-electron chi connectivity index (χ3n) is 6.58. The molecule has 3 saturated heterocycles. The largest absolute Gasteiger partial charge is 0.381 e. The average molecular weight is 519 g/mol. The summed E-state index contributed by atoms with van der Waals surface area (Å²) in [5.74, 6) is 1.71. The van der Waals surface area contributed by atoms with Crippen molar-refractivity contribution < 1.29 is 4.74 Å². The molecule has 0 saturated carbocycles. The van der Waals surface area contributed by atoms with Crippen LogP contribution in [0.3, 0.4) is 0 Å². The van der Waals surface area contributed by atoms with E-state index in [1.54, 1.807) is 0 Å². The van der Waals surface area contributed by atoms with Crippen LogP contribution in [0, 0.1) is 11.3 Å². The Balaban J connectivity index is 0.00000225. The van der Waals surface area contributed by atoms with Gasteiger partial charge in [0, 0.05) is 49.1 Å². The Morgan fingerprint density at radius 2 is 2.29 bits per heavy atom. The Bertz CT molecular complexity index is 632. The third kappa shape index (κ3) is 4.84. The minimum absolute atomic E-state index is 0. The maximum Gasteiger partial charge on any atom is 0.193 e. The monoisotopic (exact) mass is 518 g/mol. The molecule has 3 aliphatic heterocycles. The first-order chi connectivity index (χ1) is 13.2. The van der Waals surface area contributed by atoms with E-state index in [0.717, 1.165) is 45.4 Å². The Morgan fingerprint density at radius 1 is 1.39 bits per heavy atom. The summed E-state index contributed by atoms with van der Waals surface area (Å²) in [4.78, 5) is 11.6. The molecule has 0 bridgehead atoms. The summed E-state index contributed by atoms with van der Waals surface area (Å²) < 4.78 is 5.70. The van der Waals surface area contributed by atoms with Gasteiger partial charge in [-0.1, -0.05) is 6.07 Å². The number of piperidine rings is 1. The molecule has 158 valence electrons. The normalized spacial score (nSPS) is 31.4. The van der Waals surface area contributed by atoms with Crippen LogP contribution in [0.25, 0.3) is 0 Å². The van der Waals surface area contributed by atoms with Crippen LogP contribution >= 0.6 is 35.3 Å². The van der Waals surface area contributed by atoms with Crippen molar-refractivity contribution >= 4 is 41.3 Å². The molecule has 3 aliphatic rings. The molecule has 0 radical (unpaired) electrons. The number of likely N-dealkylation sites (tertiary alicyclic amines) is 2. The second kappa shape index (κ2) is 10.1. The number of ether oxygens (including phenoxy) is 1. The molecule has 1 N–H and O–H groups in total. The summed E-state index contributed by atoms with van der Waals surface area (Å²) in [6.45, 7) is 9.26. The fraction of sp³-hybridized carbons (Fsp3) is 0.762. The molecule has 3 atom stereocenters. The highest BCUT2D eigenvalue weighted by atomic mass is 127. The van der Waals surface area contributed by atoms with Gasteiger partial charge in [0.2, 0.25) is 0 Å². The van der Waals surface area contributed by atoms with Crippen LogP contribution in [0.15, 0.2) is 22.5 Å². The second-order valence-corrected chi connectivity index (χ2v) is 9.49. The minimum atomic E-state index is 0. The molecule has 4 heterocycles. The van der Waals surface area contributed by atoms with Gasteiger partial charge in [-0.15, -0.1) is 35.3 Å². The van der Waals surface area contributed by atoms with Crippen LogP contribution in [0.1, 0.15) is 43.5 Å². The van der Waals surface area contributed by atoms with E-state index in [-0.39, 0.29) is 24.0 Å². The van der Waals surface area contributed by atoms with Crippen molar-refractivity contribution in [2.24, 2.45) is 16.3 Å². The van der Waals surface area contributed by atoms with Gasteiger partial charge in [0.05, 0.1) is 6.61 Å². The van der Waals surface area contributed by atoms with Crippen LogP contribution in [0.5, 0.6) is 0 Å². The van der Waals surface area contributed by atoms with Crippen molar-refractivity contribution in [3.8, 4) is 0 Å². The second-order valence-electron chi connectivity index (χ2n) is 8.51. The number of rotatable bonds is 4. The van der Waals surface area contributed by atoms with Crippen molar-refractivity contribution in [3.05, 3.63) is 22.4 Å². The fourth-order valence-corrected chi connectivity index (χ4v) is 6.06. The van der Waals surface area contributed by atoms with Gasteiger partial charge in [-0.25, -0.2) is 0 Å². The highest BCUT2D eigenvalue weighted by Gasteiger charge is 2.42. The molecule has 1 aromatic heterocycles. The van der Waals surface area contributed by atoms with E-state index >= 15 is 0 Å². The molecule has 3 unspecified atom stereocenters. The summed E-state index contributed by atoms with van der Waals surface area (Å²) in [5.41, 5.74) is 0.376. The highest BCUT2D eigenvalue weighted by molar-refractivity contribution is 14.0. The Morgan fingerprint density at radius 3 is 3.00 bits per heavy atom. The highest BCUT2D eigenvalue weighted by Crippen LogP contribution is 2.39. The van der Waals surface area contributed by atoms with Crippen LogP contribution in [-0.2, 0) is 4.74 Å². The topological polar surface area (TPSA) is 40.1 Å². The predicted molar refractivity (Wildman–Crippen MR) is 128 cm³/mol. The summed E-state index contributed by atoms with van der Waals surface area (Å²) in [6.07, 6.45) is 4.99. The quantitative estimate of drug-likeness (QED) is 0.374. The lowest BCUT2D eigenvalue weighted by Crippen LogP contribution is -2.42. The zero-order valence-electron chi connectivity index (χ0n) is 17.2. The molecule has 7 heteroatoms. The predicted octanol–water partition coefficient (Wildman–Crippen LogP) is 3.83. The number of thiophene rings is 1. The number of halogens is 1. The van der Waals surface area contributed by atoms with Gasteiger partial charge in [-0.2, -0.15) is 0 Å². The van der Waals surface area contributed by atoms with Crippen molar-refractivity contribution in [2.75, 3.05) is 53.0 Å². The average Bonchev–Trinajstić information content (AvgIpc) is 3.42. The van der Waals surface area contributed by atoms with E-state index in [1.807, 2.05) is 11.3 Å². The van der Waals surface area contributed by atoms with Crippen molar-refractivity contribution in [3.63, 3.8) is 0 Å². The number of guanidine groups is 1. The lowest BCUT2D eigenvalue weighted by molar-refractivity contribution is 0.128. The fourth-order valence-electron chi connectivity index (χ4n) is 5.08. The summed E-state index contributed by atoms with van der Waals surface area (Å²) in [6, 6.07) is 4.99. The van der Waals surface area contributed by atoms with E-state index in [9.17, 15) is 0 Å². The Hall–Kier alpha value is -0.380. The molecule has 28 heavy (non-hydrogen) atoms. The zero-order chi connectivity index (χ0) is 18.7. The van der Waals surface area contributed by atoms with Crippen molar-refractivity contribution in [1.82, 2.24) is 15.1 Å². The molecule has 5 nitrogen and oxygen atoms in total. The smallest absolute Gasteiger partial charge is 0.193 e. The molecule has 0 aliphatic carbocycles. The van der Waals surface area contributed by atoms with Gasteiger partial charge >= 0.3 is 0 Å². The summed E-state index contributed by atoms with van der Waals surface area (Å²) in [7, 11) is 2.27. The van der Waals surface area contributed by atoms with E-state index in [4.69, 9.17) is 9.73 Å². The standard InChI is InChI=1S/C21H34N4OS.HI/c1-3-22-20(25-11-8-21(15-25)9-12-26-16-21)23-14-17-6-4-10-24(2)19(17)18-7-5-13-27-18;/h5,7,13,17,19H,3-4,6,8-12,14-16H2,1-2H3,(H,22,23);1H. The van der Waals surface area contributed by atoms with Gasteiger partial charge in [-0.3, -0.25) is 9.89 Å². The number of hydrogen-bond donors (Lipinski definition) is 1. The van der Waals surface area contributed by atoms with Gasteiger partial charge in [0.15, 0.2) is 5.96 Å². The molecule has 0 aromatic carbocycles. The van der Waals surface area contributed by atoms with Gasteiger partial charge in [-0.05, 0) is 63.6 Å². The Labute approximate surface area is 190 Å². The van der Waals surface area contributed by atoms with Crippen LogP contribution in [0.4, 0.5) is 0 Å². The van der Waals surface area contributed by atoms with Gasteiger partial charge in [0.1, 0.15) is 0 Å². The third-order valence-corrected chi connectivity index (χ3v) is 7.52. The lowest BCUT2D eigenvalue weighted by atomic mass is 9.87. The Kier molecular flexibility index (Phi) is 8.04. The van der Waals surface area contributed by atoms with Gasteiger partial charge in [0.25, 0.3) is 0 Å². The molecule has 1 spiro atoms. The van der Waals surface area contributed by atoms with E-state index < -0.39 is 0 Å². The van der Waals surface area contributed by atoms with E-state index in [1.165, 1.54) is 37.1 Å².